The Hall–Kier alpha value is -1.84. The molecule has 0 saturated carbocycles. The van der Waals surface area contributed by atoms with Crippen molar-refractivity contribution < 1.29 is 14.3 Å². The van der Waals surface area contributed by atoms with Crippen molar-refractivity contribution in [3.8, 4) is 0 Å². The summed E-state index contributed by atoms with van der Waals surface area (Å²) in [6, 6.07) is 7.40. The number of ether oxygens (including phenoxy) is 1. The van der Waals surface area contributed by atoms with Crippen LogP contribution in [0.5, 0.6) is 0 Å². The summed E-state index contributed by atoms with van der Waals surface area (Å²) in [5.74, 6) is -0.719. The van der Waals surface area contributed by atoms with Crippen LogP contribution < -0.4 is 5.32 Å². The second kappa shape index (κ2) is 6.29. The molecule has 4 nitrogen and oxygen atoms in total. The van der Waals surface area contributed by atoms with E-state index in [4.69, 9.17) is 4.74 Å². The van der Waals surface area contributed by atoms with Crippen LogP contribution in [0.2, 0.25) is 0 Å². The molecule has 0 atom stereocenters. The van der Waals surface area contributed by atoms with E-state index in [1.807, 2.05) is 12.1 Å². The van der Waals surface area contributed by atoms with Gasteiger partial charge in [-0.1, -0.05) is 32.9 Å². The molecule has 1 aromatic carbocycles. The zero-order valence-corrected chi connectivity index (χ0v) is 13.7. The highest BCUT2D eigenvalue weighted by Gasteiger charge is 2.17. The zero-order chi connectivity index (χ0) is 16.3. The first-order valence-corrected chi connectivity index (χ1v) is 7.09. The summed E-state index contributed by atoms with van der Waals surface area (Å²) >= 11 is 0. The van der Waals surface area contributed by atoms with Gasteiger partial charge in [-0.05, 0) is 43.9 Å². The van der Waals surface area contributed by atoms with E-state index in [0.29, 0.717) is 5.56 Å². The number of rotatable bonds is 3. The van der Waals surface area contributed by atoms with Crippen LogP contribution in [0.15, 0.2) is 24.3 Å². The summed E-state index contributed by atoms with van der Waals surface area (Å²) in [5.41, 5.74) is 1.19. The lowest BCUT2D eigenvalue weighted by molar-refractivity contribution is -0.153. The lowest BCUT2D eigenvalue weighted by Crippen LogP contribution is -2.34. The summed E-state index contributed by atoms with van der Waals surface area (Å²) in [5, 5.41) is 2.57. The van der Waals surface area contributed by atoms with Crippen molar-refractivity contribution in [1.82, 2.24) is 5.32 Å². The molecule has 0 aliphatic rings. The summed E-state index contributed by atoms with van der Waals surface area (Å²) < 4.78 is 5.13. The smallest absolute Gasteiger partial charge is 0.325 e. The van der Waals surface area contributed by atoms with Gasteiger partial charge >= 0.3 is 5.97 Å². The second-order valence-electron chi connectivity index (χ2n) is 7.10. The van der Waals surface area contributed by atoms with Gasteiger partial charge in [-0.2, -0.15) is 0 Å². The predicted octanol–water partition coefficient (Wildman–Crippen LogP) is 3.06. The van der Waals surface area contributed by atoms with Gasteiger partial charge in [-0.25, -0.2) is 0 Å². The van der Waals surface area contributed by atoms with Crippen LogP contribution in [0.1, 0.15) is 57.5 Å². The molecular weight excluding hydrogens is 266 g/mol. The number of benzene rings is 1. The monoisotopic (exact) mass is 291 g/mol. The first kappa shape index (κ1) is 17.2. The van der Waals surface area contributed by atoms with E-state index >= 15 is 0 Å². The second-order valence-corrected chi connectivity index (χ2v) is 7.10. The molecule has 0 heterocycles. The van der Waals surface area contributed by atoms with E-state index in [0.717, 1.165) is 5.56 Å². The van der Waals surface area contributed by atoms with Crippen LogP contribution in [-0.2, 0) is 14.9 Å². The minimum atomic E-state index is -0.545. The summed E-state index contributed by atoms with van der Waals surface area (Å²) in [6.07, 6.45) is 0. The molecule has 1 rings (SSSR count). The molecule has 1 aromatic rings. The minimum absolute atomic E-state index is 0.0471. The fourth-order valence-corrected chi connectivity index (χ4v) is 1.75. The van der Waals surface area contributed by atoms with Crippen LogP contribution >= 0.6 is 0 Å². The van der Waals surface area contributed by atoms with Crippen molar-refractivity contribution in [2.75, 3.05) is 6.54 Å². The Balaban J connectivity index is 2.59. The number of carbonyl (C=O) groups excluding carboxylic acids is 2. The Morgan fingerprint density at radius 2 is 1.52 bits per heavy atom. The highest BCUT2D eigenvalue weighted by Crippen LogP contribution is 2.22. The van der Waals surface area contributed by atoms with Gasteiger partial charge in [-0.3, -0.25) is 9.59 Å². The van der Waals surface area contributed by atoms with Gasteiger partial charge in [0.15, 0.2) is 0 Å². The zero-order valence-electron chi connectivity index (χ0n) is 13.7. The van der Waals surface area contributed by atoms with Gasteiger partial charge in [0.05, 0.1) is 0 Å². The lowest BCUT2D eigenvalue weighted by Gasteiger charge is -2.20. The fraction of sp³-hybridized carbons (Fsp3) is 0.529. The molecule has 0 aromatic heterocycles. The molecule has 1 N–H and O–H groups in total. The Bertz CT molecular complexity index is 504. The molecule has 0 fully saturated rings. The van der Waals surface area contributed by atoms with Gasteiger partial charge in [-0.15, -0.1) is 0 Å². The molecule has 1 amide bonds. The molecule has 21 heavy (non-hydrogen) atoms. The molecule has 0 aliphatic carbocycles. The third-order valence-electron chi connectivity index (χ3n) is 2.83. The number of esters is 1. The Morgan fingerprint density at radius 1 is 1.00 bits per heavy atom. The summed E-state index contributed by atoms with van der Waals surface area (Å²) in [4.78, 5) is 23.5. The van der Waals surface area contributed by atoms with Crippen LogP contribution in [0.3, 0.4) is 0 Å². The fourth-order valence-electron chi connectivity index (χ4n) is 1.75. The molecule has 0 bridgehead atoms. The highest BCUT2D eigenvalue weighted by atomic mass is 16.6. The van der Waals surface area contributed by atoms with Gasteiger partial charge in [0.25, 0.3) is 5.91 Å². The van der Waals surface area contributed by atoms with E-state index in [-0.39, 0.29) is 17.9 Å². The normalized spacial score (nSPS) is 11.9. The van der Waals surface area contributed by atoms with Crippen molar-refractivity contribution in [3.63, 3.8) is 0 Å². The maximum atomic E-state index is 12.0. The summed E-state index contributed by atoms with van der Waals surface area (Å²) in [7, 11) is 0. The summed E-state index contributed by atoms with van der Waals surface area (Å²) in [6.45, 7) is 11.6. The van der Waals surface area contributed by atoms with Crippen molar-refractivity contribution in [2.24, 2.45) is 0 Å². The largest absolute Gasteiger partial charge is 0.459 e. The van der Waals surface area contributed by atoms with Crippen LogP contribution in [-0.4, -0.2) is 24.0 Å². The van der Waals surface area contributed by atoms with Crippen molar-refractivity contribution >= 4 is 11.9 Å². The molecular formula is C17H25NO3. The van der Waals surface area contributed by atoms with Gasteiger partial charge in [0, 0.05) is 5.56 Å². The Labute approximate surface area is 126 Å². The molecule has 116 valence electrons. The van der Waals surface area contributed by atoms with Crippen LogP contribution in [0, 0.1) is 0 Å². The van der Waals surface area contributed by atoms with E-state index in [2.05, 4.69) is 26.1 Å². The molecule has 0 radical (unpaired) electrons. The minimum Gasteiger partial charge on any atom is -0.459 e. The maximum absolute atomic E-state index is 12.0. The Morgan fingerprint density at radius 3 is 1.95 bits per heavy atom. The highest BCUT2D eigenvalue weighted by molar-refractivity contribution is 5.95. The molecule has 0 aliphatic heterocycles. The average Bonchev–Trinajstić information content (AvgIpc) is 2.33. The van der Waals surface area contributed by atoms with E-state index in [1.165, 1.54) is 0 Å². The van der Waals surface area contributed by atoms with Gasteiger partial charge in [0.1, 0.15) is 12.1 Å². The van der Waals surface area contributed by atoms with Crippen molar-refractivity contribution in [3.05, 3.63) is 35.4 Å². The average molecular weight is 291 g/mol. The standard InChI is InChI=1S/C17H25NO3/c1-16(2,3)13-9-7-12(8-10-13)15(20)18-11-14(19)21-17(4,5)6/h7-10H,11H2,1-6H3,(H,18,20). The lowest BCUT2D eigenvalue weighted by atomic mass is 9.87. The topological polar surface area (TPSA) is 55.4 Å². The number of hydrogen-bond acceptors (Lipinski definition) is 3. The van der Waals surface area contributed by atoms with Gasteiger partial charge in [0.2, 0.25) is 0 Å². The van der Waals surface area contributed by atoms with Crippen LogP contribution in [0.4, 0.5) is 0 Å². The molecule has 0 spiro atoms. The first-order valence-electron chi connectivity index (χ1n) is 7.09. The number of hydrogen-bond donors (Lipinski definition) is 1. The van der Waals surface area contributed by atoms with E-state index in [9.17, 15) is 9.59 Å². The van der Waals surface area contributed by atoms with Crippen molar-refractivity contribution in [2.45, 2.75) is 52.6 Å². The molecule has 4 heteroatoms. The first-order chi connectivity index (χ1) is 9.49. The predicted molar refractivity (Wildman–Crippen MR) is 83.3 cm³/mol. The molecule has 0 unspecified atom stereocenters. The third kappa shape index (κ3) is 5.98. The van der Waals surface area contributed by atoms with E-state index < -0.39 is 11.6 Å². The number of nitrogens with one attached hydrogen (secondary N) is 1. The molecule has 0 saturated heterocycles. The SMILES string of the molecule is CC(C)(C)OC(=O)CNC(=O)c1ccc(C(C)(C)C)cc1. The third-order valence-corrected chi connectivity index (χ3v) is 2.83. The number of amides is 1. The Kier molecular flexibility index (Phi) is 5.15. The van der Waals surface area contributed by atoms with Crippen molar-refractivity contribution in [1.29, 1.82) is 0 Å². The maximum Gasteiger partial charge on any atom is 0.325 e. The van der Waals surface area contributed by atoms with E-state index in [1.54, 1.807) is 32.9 Å². The number of carbonyl (C=O) groups is 2. The van der Waals surface area contributed by atoms with Crippen LogP contribution in [0.25, 0.3) is 0 Å². The van der Waals surface area contributed by atoms with Gasteiger partial charge < -0.3 is 10.1 Å². The quantitative estimate of drug-likeness (QED) is 0.871.